The number of aromatic amines is 1. The van der Waals surface area contributed by atoms with E-state index in [2.05, 4.69) is 10.1 Å². The van der Waals surface area contributed by atoms with E-state index in [1.165, 1.54) is 25.2 Å². The molecule has 2 heterocycles. The number of alkyl halides is 3. The van der Waals surface area contributed by atoms with Gasteiger partial charge in [-0.15, -0.1) is 0 Å². The second-order valence-corrected chi connectivity index (χ2v) is 5.84. The fourth-order valence-electron chi connectivity index (χ4n) is 2.37. The van der Waals surface area contributed by atoms with Gasteiger partial charge < -0.3 is 10.1 Å². The number of rotatable bonds is 1. The fourth-order valence-corrected chi connectivity index (χ4v) is 2.76. The lowest BCUT2D eigenvalue weighted by Crippen LogP contribution is -2.12. The number of aromatic nitrogens is 3. The first-order valence-electron chi connectivity index (χ1n) is 6.46. The first-order valence-corrected chi connectivity index (χ1v) is 7.21. The highest BCUT2D eigenvalue weighted by Crippen LogP contribution is 2.37. The summed E-state index contributed by atoms with van der Waals surface area (Å²) in [5.41, 5.74) is -2.74. The van der Waals surface area contributed by atoms with Crippen molar-refractivity contribution >= 4 is 34.2 Å². The zero-order chi connectivity index (χ0) is 17.8. The van der Waals surface area contributed by atoms with Gasteiger partial charge in [-0.1, -0.05) is 23.2 Å². The molecular weight excluding hydrogens is 370 g/mol. The molecule has 2 N–H and O–H groups in total. The summed E-state index contributed by atoms with van der Waals surface area (Å²) in [7, 11) is 1.24. The molecular formula is C14H8Cl2F3N3O2. The first-order chi connectivity index (χ1) is 11.1. The number of fused-ring (bicyclic) bond motifs is 1. The first kappa shape index (κ1) is 16.7. The number of nitrogens with zero attached hydrogens (tertiary/aromatic N) is 2. The predicted molar refractivity (Wildman–Crippen MR) is 83.5 cm³/mol. The maximum Gasteiger partial charge on any atom is 0.435 e. The lowest BCUT2D eigenvalue weighted by atomic mass is 10.1. The van der Waals surface area contributed by atoms with Crippen LogP contribution in [0, 0.1) is 0 Å². The summed E-state index contributed by atoms with van der Waals surface area (Å²) in [6, 6.07) is 4.31. The number of hydrogen-bond acceptors (Lipinski definition) is 3. The zero-order valence-corrected chi connectivity index (χ0v) is 13.4. The Kier molecular flexibility index (Phi) is 3.76. The van der Waals surface area contributed by atoms with E-state index < -0.39 is 28.4 Å². The summed E-state index contributed by atoms with van der Waals surface area (Å²) in [6.07, 6.45) is -4.84. The molecule has 126 valence electrons. The standard InChI is InChI=1S/C14H8Cl2F3N3O2/c1-22-13-8(12(21-22)14(17,18)19)10(23)11(24)9(20-13)6-4-5(15)2-3-7(6)16/h2-4,24H,1H3,(H,20,23). The molecule has 0 radical (unpaired) electrons. The van der Waals surface area contributed by atoms with E-state index in [0.717, 1.165) is 4.68 Å². The Bertz CT molecular complexity index is 1020. The summed E-state index contributed by atoms with van der Waals surface area (Å²) in [6.45, 7) is 0. The Hall–Kier alpha value is -2.19. The zero-order valence-electron chi connectivity index (χ0n) is 11.9. The van der Waals surface area contributed by atoms with Gasteiger partial charge in [0, 0.05) is 17.6 Å². The van der Waals surface area contributed by atoms with Crippen LogP contribution in [0.5, 0.6) is 5.75 Å². The van der Waals surface area contributed by atoms with E-state index >= 15 is 0 Å². The Morgan fingerprint density at radius 2 is 1.96 bits per heavy atom. The molecule has 0 atom stereocenters. The maximum atomic E-state index is 13.0. The third-order valence-corrected chi connectivity index (χ3v) is 4.00. The lowest BCUT2D eigenvalue weighted by Gasteiger charge is -2.09. The normalized spacial score (nSPS) is 12.1. The van der Waals surface area contributed by atoms with Crippen molar-refractivity contribution in [2.45, 2.75) is 6.18 Å². The molecule has 0 unspecified atom stereocenters. The van der Waals surface area contributed by atoms with Crippen LogP contribution in [0.2, 0.25) is 10.0 Å². The van der Waals surface area contributed by atoms with Crippen molar-refractivity contribution in [1.29, 1.82) is 0 Å². The molecule has 0 bridgehead atoms. The molecule has 0 aliphatic heterocycles. The second-order valence-electron chi connectivity index (χ2n) is 5.00. The lowest BCUT2D eigenvalue weighted by molar-refractivity contribution is -0.140. The van der Waals surface area contributed by atoms with Crippen molar-refractivity contribution in [1.82, 2.24) is 14.8 Å². The number of pyridine rings is 1. The molecule has 3 aromatic rings. The van der Waals surface area contributed by atoms with E-state index in [9.17, 15) is 23.1 Å². The van der Waals surface area contributed by atoms with Crippen LogP contribution in [0.25, 0.3) is 22.3 Å². The van der Waals surface area contributed by atoms with Crippen molar-refractivity contribution < 1.29 is 18.3 Å². The summed E-state index contributed by atoms with van der Waals surface area (Å²) < 4.78 is 40.0. The molecule has 24 heavy (non-hydrogen) atoms. The van der Waals surface area contributed by atoms with Crippen LogP contribution in [0.3, 0.4) is 0 Å². The molecule has 0 aliphatic carbocycles. The molecule has 0 saturated heterocycles. The topological polar surface area (TPSA) is 70.9 Å². The molecule has 10 heteroatoms. The smallest absolute Gasteiger partial charge is 0.435 e. The SMILES string of the molecule is Cn1nc(C(F)(F)F)c2c(=O)c(O)c(-c3cc(Cl)ccc3Cl)[nH]c21. The number of halogens is 5. The van der Waals surface area contributed by atoms with Gasteiger partial charge >= 0.3 is 6.18 Å². The van der Waals surface area contributed by atoms with Gasteiger partial charge in [0.05, 0.1) is 10.7 Å². The van der Waals surface area contributed by atoms with Crippen molar-refractivity contribution in [3.05, 3.63) is 44.2 Å². The van der Waals surface area contributed by atoms with Crippen LogP contribution < -0.4 is 5.43 Å². The average molecular weight is 378 g/mol. The Morgan fingerprint density at radius 1 is 1.29 bits per heavy atom. The third kappa shape index (κ3) is 2.51. The highest BCUT2D eigenvalue weighted by atomic mass is 35.5. The Morgan fingerprint density at radius 3 is 2.58 bits per heavy atom. The largest absolute Gasteiger partial charge is 0.503 e. The Labute approximate surface area is 142 Å². The maximum absolute atomic E-state index is 13.0. The average Bonchev–Trinajstić information content (AvgIpc) is 2.83. The van der Waals surface area contributed by atoms with E-state index in [-0.39, 0.29) is 26.9 Å². The van der Waals surface area contributed by atoms with Gasteiger partial charge in [0.2, 0.25) is 5.43 Å². The third-order valence-electron chi connectivity index (χ3n) is 3.44. The van der Waals surface area contributed by atoms with Gasteiger partial charge in [-0.2, -0.15) is 18.3 Å². The summed E-state index contributed by atoms with van der Waals surface area (Å²) >= 11 is 11.9. The van der Waals surface area contributed by atoms with Crippen molar-refractivity contribution in [3.63, 3.8) is 0 Å². The molecule has 2 aromatic heterocycles. The predicted octanol–water partition coefficient (Wildman–Crippen LogP) is 3.96. The summed E-state index contributed by atoms with van der Waals surface area (Å²) in [4.78, 5) is 14.9. The van der Waals surface area contributed by atoms with E-state index in [1.807, 2.05) is 0 Å². The number of hydrogen-bond donors (Lipinski definition) is 2. The van der Waals surface area contributed by atoms with Gasteiger partial charge in [0.15, 0.2) is 11.4 Å². The number of aryl methyl sites for hydroxylation is 1. The van der Waals surface area contributed by atoms with Crippen LogP contribution in [0.1, 0.15) is 5.69 Å². The van der Waals surface area contributed by atoms with Gasteiger partial charge in [0.1, 0.15) is 11.0 Å². The van der Waals surface area contributed by atoms with Crippen molar-refractivity contribution in [3.8, 4) is 17.0 Å². The highest BCUT2D eigenvalue weighted by molar-refractivity contribution is 6.35. The molecule has 0 fully saturated rings. The van der Waals surface area contributed by atoms with E-state index in [1.54, 1.807) is 0 Å². The Balaban J connectivity index is 2.42. The molecule has 0 spiro atoms. The fraction of sp³-hybridized carbons (Fsp3) is 0.143. The monoisotopic (exact) mass is 377 g/mol. The van der Waals surface area contributed by atoms with Crippen LogP contribution in [-0.2, 0) is 13.2 Å². The molecule has 3 rings (SSSR count). The minimum absolute atomic E-state index is 0.142. The summed E-state index contributed by atoms with van der Waals surface area (Å²) in [5, 5.41) is 13.1. The van der Waals surface area contributed by atoms with Gasteiger partial charge in [-0.25, -0.2) is 0 Å². The molecule has 0 saturated carbocycles. The van der Waals surface area contributed by atoms with E-state index in [0.29, 0.717) is 0 Å². The minimum Gasteiger partial charge on any atom is -0.503 e. The summed E-state index contributed by atoms with van der Waals surface area (Å²) in [5.74, 6) is -0.898. The van der Waals surface area contributed by atoms with Crippen LogP contribution in [-0.4, -0.2) is 19.9 Å². The minimum atomic E-state index is -4.84. The van der Waals surface area contributed by atoms with Gasteiger partial charge in [-0.3, -0.25) is 9.48 Å². The molecule has 0 amide bonds. The number of nitrogens with one attached hydrogen (secondary N) is 1. The van der Waals surface area contributed by atoms with Crippen LogP contribution in [0.4, 0.5) is 13.2 Å². The second kappa shape index (κ2) is 5.42. The van der Waals surface area contributed by atoms with Gasteiger partial charge in [0.25, 0.3) is 0 Å². The molecule has 5 nitrogen and oxygen atoms in total. The number of aromatic hydroxyl groups is 1. The molecule has 1 aromatic carbocycles. The van der Waals surface area contributed by atoms with Crippen LogP contribution >= 0.6 is 23.2 Å². The molecule has 0 aliphatic rings. The van der Waals surface area contributed by atoms with Crippen molar-refractivity contribution in [2.75, 3.05) is 0 Å². The highest BCUT2D eigenvalue weighted by Gasteiger charge is 2.38. The van der Waals surface area contributed by atoms with E-state index in [4.69, 9.17) is 23.2 Å². The quantitative estimate of drug-likeness (QED) is 0.674. The number of H-pyrrole nitrogens is 1. The van der Waals surface area contributed by atoms with Crippen LogP contribution in [0.15, 0.2) is 23.0 Å². The van der Waals surface area contributed by atoms with Gasteiger partial charge in [-0.05, 0) is 18.2 Å². The van der Waals surface area contributed by atoms with Crippen molar-refractivity contribution in [2.24, 2.45) is 7.05 Å². The number of benzene rings is 1.